The molecule has 0 spiro atoms. The minimum Gasteiger partial charge on any atom is -0.292 e. The minimum absolute atomic E-state index is 0.0147. The van der Waals surface area contributed by atoms with Crippen LogP contribution in [0.1, 0.15) is 27.3 Å². The predicted molar refractivity (Wildman–Crippen MR) is 95.9 cm³/mol. The first-order valence-electron chi connectivity index (χ1n) is 7.98. The van der Waals surface area contributed by atoms with Crippen LogP contribution in [-0.4, -0.2) is 20.5 Å². The number of rotatable bonds is 5. The highest BCUT2D eigenvalue weighted by molar-refractivity contribution is 6.31. The molecule has 0 N–H and O–H groups in total. The number of Topliss-reactive ketones (excluding diaryl/α,β-unsaturated/α-hetero) is 1. The fraction of sp³-hybridized carbons (Fsp3) is 0.158. The molecule has 2 heterocycles. The molecule has 5 nitrogen and oxygen atoms in total. The second kappa shape index (κ2) is 7.75. The zero-order valence-corrected chi connectivity index (χ0v) is 15.0. The first-order chi connectivity index (χ1) is 12.8. The number of aromatic nitrogens is 3. The van der Waals surface area contributed by atoms with Crippen LogP contribution in [0.3, 0.4) is 0 Å². The molecule has 2 aromatic heterocycles. The topological polar surface area (TPSA) is 64.8 Å². The number of carbonyl (C=O) groups is 1. The Morgan fingerprint density at radius 3 is 2.63 bits per heavy atom. The van der Waals surface area contributed by atoms with Gasteiger partial charge in [-0.1, -0.05) is 17.7 Å². The zero-order chi connectivity index (χ0) is 19.6. The second-order valence-corrected chi connectivity index (χ2v) is 6.35. The van der Waals surface area contributed by atoms with Crippen molar-refractivity contribution >= 4 is 17.4 Å². The fourth-order valence-corrected chi connectivity index (χ4v) is 2.70. The first kappa shape index (κ1) is 18.8. The Morgan fingerprint density at radius 1 is 1.19 bits per heavy atom. The van der Waals surface area contributed by atoms with E-state index < -0.39 is 11.6 Å². The maximum atomic E-state index is 13.5. The van der Waals surface area contributed by atoms with Gasteiger partial charge in [-0.05, 0) is 29.3 Å². The molecule has 1 aromatic carbocycles. The molecule has 0 radical (unpaired) electrons. The Morgan fingerprint density at radius 2 is 1.96 bits per heavy atom. The summed E-state index contributed by atoms with van der Waals surface area (Å²) in [7, 11) is 1.46. The van der Waals surface area contributed by atoms with Gasteiger partial charge in [-0.25, -0.2) is 13.5 Å². The van der Waals surface area contributed by atoms with Crippen LogP contribution in [0.15, 0.2) is 47.4 Å². The summed E-state index contributed by atoms with van der Waals surface area (Å²) in [5.41, 5.74) is 1.38. The van der Waals surface area contributed by atoms with E-state index in [4.69, 9.17) is 11.6 Å². The van der Waals surface area contributed by atoms with E-state index in [1.807, 2.05) is 0 Å². The van der Waals surface area contributed by atoms with Gasteiger partial charge < -0.3 is 0 Å². The summed E-state index contributed by atoms with van der Waals surface area (Å²) in [6.45, 7) is 0. The maximum absolute atomic E-state index is 13.5. The number of aryl methyl sites for hydroxylation is 1. The van der Waals surface area contributed by atoms with Crippen LogP contribution in [0.4, 0.5) is 8.78 Å². The molecule has 0 atom stereocenters. The smallest absolute Gasteiger partial charge is 0.266 e. The molecule has 0 aliphatic carbocycles. The van der Waals surface area contributed by atoms with Crippen molar-refractivity contribution in [3.8, 4) is 0 Å². The number of benzene rings is 1. The SMILES string of the molecule is Cn1nc(C(=O)Cc2ccc(Cc3cc(F)cc(F)c3Cl)cn2)ccc1=O. The summed E-state index contributed by atoms with van der Waals surface area (Å²) in [5.74, 6) is -1.79. The third-order valence-electron chi connectivity index (χ3n) is 3.94. The van der Waals surface area contributed by atoms with Crippen LogP contribution in [0.5, 0.6) is 0 Å². The Hall–Kier alpha value is -2.93. The van der Waals surface area contributed by atoms with E-state index >= 15 is 0 Å². The molecule has 0 aliphatic rings. The third-order valence-corrected chi connectivity index (χ3v) is 4.36. The lowest BCUT2D eigenvalue weighted by Gasteiger charge is -2.07. The van der Waals surface area contributed by atoms with Crippen molar-refractivity contribution in [2.45, 2.75) is 12.8 Å². The Kier molecular flexibility index (Phi) is 5.41. The summed E-state index contributed by atoms with van der Waals surface area (Å²) in [4.78, 5) is 27.8. The highest BCUT2D eigenvalue weighted by Crippen LogP contribution is 2.24. The van der Waals surface area contributed by atoms with Crippen molar-refractivity contribution in [1.82, 2.24) is 14.8 Å². The molecule has 0 saturated carbocycles. The molecule has 138 valence electrons. The van der Waals surface area contributed by atoms with E-state index in [0.29, 0.717) is 16.8 Å². The van der Waals surface area contributed by atoms with Gasteiger partial charge in [0, 0.05) is 37.5 Å². The van der Waals surface area contributed by atoms with Crippen LogP contribution in [0.25, 0.3) is 0 Å². The lowest BCUT2D eigenvalue weighted by molar-refractivity contribution is 0.0985. The van der Waals surface area contributed by atoms with Crippen LogP contribution in [-0.2, 0) is 19.9 Å². The van der Waals surface area contributed by atoms with Gasteiger partial charge in [0.2, 0.25) is 0 Å². The normalized spacial score (nSPS) is 10.8. The number of ketones is 1. The molecule has 0 aliphatic heterocycles. The molecule has 27 heavy (non-hydrogen) atoms. The van der Waals surface area contributed by atoms with Crippen LogP contribution < -0.4 is 5.56 Å². The fourth-order valence-electron chi connectivity index (χ4n) is 2.53. The number of halogens is 3. The summed E-state index contributed by atoms with van der Waals surface area (Å²) in [5, 5.41) is 3.78. The van der Waals surface area contributed by atoms with Gasteiger partial charge in [0.1, 0.15) is 17.3 Å². The summed E-state index contributed by atoms with van der Waals surface area (Å²) >= 11 is 5.87. The van der Waals surface area contributed by atoms with Crippen molar-refractivity contribution in [3.63, 3.8) is 0 Å². The molecule has 0 saturated heterocycles. The summed E-state index contributed by atoms with van der Waals surface area (Å²) < 4.78 is 28.0. The van der Waals surface area contributed by atoms with Crippen molar-refractivity contribution in [2.75, 3.05) is 0 Å². The molecular weight excluding hydrogens is 376 g/mol. The highest BCUT2D eigenvalue weighted by Gasteiger charge is 2.12. The molecule has 0 amide bonds. The van der Waals surface area contributed by atoms with Crippen molar-refractivity contribution in [3.05, 3.63) is 92.1 Å². The molecule has 0 bridgehead atoms. The summed E-state index contributed by atoms with van der Waals surface area (Å²) in [6, 6.07) is 7.92. The quantitative estimate of drug-likeness (QED) is 0.497. The van der Waals surface area contributed by atoms with Crippen molar-refractivity contribution in [2.24, 2.45) is 7.05 Å². The number of nitrogens with zero attached hydrogens (tertiary/aromatic N) is 3. The zero-order valence-electron chi connectivity index (χ0n) is 14.2. The van der Waals surface area contributed by atoms with Gasteiger partial charge in [0.25, 0.3) is 5.56 Å². The molecule has 3 rings (SSSR count). The van der Waals surface area contributed by atoms with Crippen LogP contribution >= 0.6 is 11.6 Å². The third kappa shape index (κ3) is 4.43. The lowest BCUT2D eigenvalue weighted by atomic mass is 10.0. The predicted octanol–water partition coefficient (Wildman–Crippen LogP) is 3.12. The van der Waals surface area contributed by atoms with Crippen LogP contribution in [0.2, 0.25) is 5.02 Å². The number of carbonyl (C=O) groups excluding carboxylic acids is 1. The molecule has 0 unspecified atom stereocenters. The maximum Gasteiger partial charge on any atom is 0.266 e. The standard InChI is InChI=1S/C19H14ClF2N3O2/c1-25-18(27)5-4-16(24-25)17(26)9-14-3-2-11(10-23-14)6-12-7-13(21)8-15(22)19(12)20/h2-5,7-8,10H,6,9H2,1H3. The lowest BCUT2D eigenvalue weighted by Crippen LogP contribution is -2.21. The van der Waals surface area contributed by atoms with Gasteiger partial charge in [-0.2, -0.15) is 5.10 Å². The van der Waals surface area contributed by atoms with Gasteiger partial charge in [0.05, 0.1) is 11.4 Å². The van der Waals surface area contributed by atoms with E-state index in [2.05, 4.69) is 10.1 Å². The largest absolute Gasteiger partial charge is 0.292 e. The Balaban J connectivity index is 1.73. The molecule has 0 fully saturated rings. The Bertz CT molecular complexity index is 1070. The number of pyridine rings is 1. The molecule has 3 aromatic rings. The van der Waals surface area contributed by atoms with Gasteiger partial charge in [-0.15, -0.1) is 0 Å². The van der Waals surface area contributed by atoms with Crippen molar-refractivity contribution in [1.29, 1.82) is 0 Å². The van der Waals surface area contributed by atoms with E-state index in [-0.39, 0.29) is 34.9 Å². The van der Waals surface area contributed by atoms with Gasteiger partial charge in [-0.3, -0.25) is 14.6 Å². The monoisotopic (exact) mass is 389 g/mol. The first-order valence-corrected chi connectivity index (χ1v) is 8.36. The van der Waals surface area contributed by atoms with E-state index in [9.17, 15) is 18.4 Å². The van der Waals surface area contributed by atoms with Gasteiger partial charge >= 0.3 is 0 Å². The van der Waals surface area contributed by atoms with E-state index in [1.165, 1.54) is 31.4 Å². The summed E-state index contributed by atoms with van der Waals surface area (Å²) in [6.07, 6.45) is 1.74. The van der Waals surface area contributed by atoms with E-state index in [0.717, 1.165) is 10.7 Å². The second-order valence-electron chi connectivity index (χ2n) is 5.98. The Labute approximate surface area is 158 Å². The van der Waals surface area contributed by atoms with E-state index in [1.54, 1.807) is 12.1 Å². The molecular formula is C19H14ClF2N3O2. The van der Waals surface area contributed by atoms with Gasteiger partial charge in [0.15, 0.2) is 5.78 Å². The average Bonchev–Trinajstić information content (AvgIpc) is 2.63. The number of hydrogen-bond acceptors (Lipinski definition) is 4. The van der Waals surface area contributed by atoms with Crippen LogP contribution in [0, 0.1) is 11.6 Å². The average molecular weight is 390 g/mol. The highest BCUT2D eigenvalue weighted by atomic mass is 35.5. The van der Waals surface area contributed by atoms with Crippen molar-refractivity contribution < 1.29 is 13.6 Å². The molecule has 8 heteroatoms. The minimum atomic E-state index is -0.813. The number of hydrogen-bond donors (Lipinski definition) is 0.